The van der Waals surface area contributed by atoms with Gasteiger partial charge in [0, 0.05) is 28.9 Å². The van der Waals surface area contributed by atoms with Gasteiger partial charge in [0.05, 0.1) is 16.6 Å². The monoisotopic (exact) mass is 419 g/mol. The van der Waals surface area contributed by atoms with Crippen molar-refractivity contribution in [1.29, 1.82) is 0 Å². The number of nitrogens with two attached hydrogens (primary N) is 1. The molecule has 1 amide bonds. The second kappa shape index (κ2) is 7.32. The summed E-state index contributed by atoms with van der Waals surface area (Å²) >= 11 is 0. The molecule has 7 nitrogen and oxygen atoms in total. The molecule has 5 rings (SSSR count). The van der Waals surface area contributed by atoms with Gasteiger partial charge in [0.1, 0.15) is 0 Å². The molecule has 31 heavy (non-hydrogen) atoms. The molecule has 0 aliphatic heterocycles. The van der Waals surface area contributed by atoms with Gasteiger partial charge in [-0.2, -0.15) is 5.10 Å². The summed E-state index contributed by atoms with van der Waals surface area (Å²) in [6.07, 6.45) is 5.61. The molecule has 0 radical (unpaired) electrons. The van der Waals surface area contributed by atoms with E-state index in [-0.39, 0.29) is 11.6 Å². The Labute approximate surface area is 181 Å². The lowest BCUT2D eigenvalue weighted by Gasteiger charge is -2.09. The van der Waals surface area contributed by atoms with Crippen molar-refractivity contribution in [2.45, 2.75) is 77.2 Å². The quantitative estimate of drug-likeness (QED) is 0.609. The molecule has 3 aromatic rings. The molecule has 3 heterocycles. The maximum Gasteiger partial charge on any atom is 0.251 e. The van der Waals surface area contributed by atoms with E-state index in [9.17, 15) is 9.59 Å². The zero-order valence-electron chi connectivity index (χ0n) is 18.4. The normalized spacial score (nSPS) is 16.4. The van der Waals surface area contributed by atoms with E-state index in [1.807, 2.05) is 17.7 Å². The Hall–Kier alpha value is -2.96. The molecule has 162 valence electrons. The third-order valence-electron chi connectivity index (χ3n) is 6.44. The van der Waals surface area contributed by atoms with Crippen LogP contribution in [0.1, 0.15) is 96.0 Å². The van der Waals surface area contributed by atoms with Crippen molar-refractivity contribution in [1.82, 2.24) is 19.7 Å². The van der Waals surface area contributed by atoms with Crippen LogP contribution in [0.4, 0.5) is 0 Å². The lowest BCUT2D eigenvalue weighted by atomic mass is 9.98. The second-order valence-electron chi connectivity index (χ2n) is 9.41. The summed E-state index contributed by atoms with van der Waals surface area (Å²) < 4.78 is 1.89. The smallest absolute Gasteiger partial charge is 0.251 e. The van der Waals surface area contributed by atoms with Crippen LogP contribution >= 0.6 is 0 Å². The fourth-order valence-electron chi connectivity index (χ4n) is 4.55. The zero-order valence-corrected chi connectivity index (χ0v) is 18.4. The third kappa shape index (κ3) is 3.66. The van der Waals surface area contributed by atoms with Gasteiger partial charge in [-0.1, -0.05) is 0 Å². The molecule has 0 spiro atoms. The first-order valence-corrected chi connectivity index (χ1v) is 11.3. The van der Waals surface area contributed by atoms with Gasteiger partial charge in [-0.3, -0.25) is 9.59 Å². The molecule has 2 aliphatic carbocycles. The number of aromatic nitrogens is 4. The maximum atomic E-state index is 12.7. The maximum absolute atomic E-state index is 12.7. The molecular formula is C24H29N5O2. The zero-order chi connectivity index (χ0) is 21.9. The third-order valence-corrected chi connectivity index (χ3v) is 6.44. The molecule has 2 fully saturated rings. The van der Waals surface area contributed by atoms with E-state index in [1.165, 1.54) is 0 Å². The van der Waals surface area contributed by atoms with Crippen LogP contribution in [0.2, 0.25) is 0 Å². The van der Waals surface area contributed by atoms with Gasteiger partial charge < -0.3 is 10.7 Å². The van der Waals surface area contributed by atoms with Crippen LogP contribution in [-0.2, 0) is 12.8 Å². The second-order valence-corrected chi connectivity index (χ2v) is 9.41. The largest absolute Gasteiger partial charge is 0.366 e. The summed E-state index contributed by atoms with van der Waals surface area (Å²) in [6.45, 7) is 6.04. The predicted molar refractivity (Wildman–Crippen MR) is 120 cm³/mol. The number of amides is 1. The molecule has 0 atom stereocenters. The van der Waals surface area contributed by atoms with Gasteiger partial charge >= 0.3 is 0 Å². The molecule has 0 unspecified atom stereocenters. The number of H-pyrrole nitrogens is 1. The molecule has 7 heteroatoms. The minimum absolute atomic E-state index is 0.0150. The van der Waals surface area contributed by atoms with Crippen LogP contribution in [0, 0.1) is 6.92 Å². The number of primary amides is 1. The van der Waals surface area contributed by atoms with Crippen molar-refractivity contribution in [2.75, 3.05) is 0 Å². The average Bonchev–Trinajstić information content (AvgIpc) is 3.62. The van der Waals surface area contributed by atoms with Crippen molar-refractivity contribution in [3.05, 3.63) is 56.3 Å². The van der Waals surface area contributed by atoms with Crippen molar-refractivity contribution in [2.24, 2.45) is 5.73 Å². The molecule has 0 bridgehead atoms. The number of hydrogen-bond acceptors (Lipinski definition) is 4. The molecule has 0 aromatic carbocycles. The van der Waals surface area contributed by atoms with Crippen LogP contribution in [0.5, 0.6) is 0 Å². The van der Waals surface area contributed by atoms with Crippen LogP contribution in [0.25, 0.3) is 11.0 Å². The van der Waals surface area contributed by atoms with Crippen molar-refractivity contribution in [3.63, 3.8) is 0 Å². The van der Waals surface area contributed by atoms with E-state index in [0.717, 1.165) is 64.9 Å². The molecule has 0 saturated heterocycles. The molecule has 3 N–H and O–H groups in total. The van der Waals surface area contributed by atoms with Crippen molar-refractivity contribution >= 4 is 16.9 Å². The minimum atomic E-state index is -0.453. The average molecular weight is 420 g/mol. The Bertz CT molecular complexity index is 1250. The van der Waals surface area contributed by atoms with E-state index < -0.39 is 5.91 Å². The highest BCUT2D eigenvalue weighted by atomic mass is 16.1. The summed E-state index contributed by atoms with van der Waals surface area (Å²) in [7, 11) is 0. The highest BCUT2D eigenvalue weighted by Crippen LogP contribution is 2.42. The standard InChI is InChI=1S/C24H29N5O2/c1-12(2)29-23-21(18(22(25)30)11-20(27-23)15-6-7-15)19(28-29)9-8-16-17(14-4-5-14)10-13(3)26-24(16)31/h10-12,14-15H,4-9H2,1-3H3,(H2,25,30)(H,26,31). The molecule has 2 aliphatic rings. The number of nitrogens with one attached hydrogen (secondary N) is 1. The fraction of sp³-hybridized carbons (Fsp3) is 0.500. The van der Waals surface area contributed by atoms with Crippen molar-refractivity contribution < 1.29 is 4.79 Å². The number of carbonyl (C=O) groups excluding carboxylic acids is 1. The summed E-state index contributed by atoms with van der Waals surface area (Å²) in [6, 6.07) is 4.06. The van der Waals surface area contributed by atoms with Gasteiger partial charge in [0.2, 0.25) is 5.91 Å². The summed E-state index contributed by atoms with van der Waals surface area (Å²) in [5.74, 6) is 0.448. The fourth-order valence-corrected chi connectivity index (χ4v) is 4.55. The Balaban J connectivity index is 1.59. The van der Waals surface area contributed by atoms with E-state index in [1.54, 1.807) is 0 Å². The Morgan fingerprint density at radius 3 is 2.52 bits per heavy atom. The Morgan fingerprint density at radius 2 is 1.90 bits per heavy atom. The number of hydrogen-bond donors (Lipinski definition) is 2. The predicted octanol–water partition coefficient (Wildman–Crippen LogP) is 3.65. The van der Waals surface area contributed by atoms with Gasteiger partial charge in [0.15, 0.2) is 5.65 Å². The number of carbonyl (C=O) groups is 1. The van der Waals surface area contributed by atoms with E-state index in [2.05, 4.69) is 24.9 Å². The van der Waals surface area contributed by atoms with E-state index in [4.69, 9.17) is 15.8 Å². The van der Waals surface area contributed by atoms with E-state index >= 15 is 0 Å². The highest BCUT2D eigenvalue weighted by molar-refractivity contribution is 6.06. The lowest BCUT2D eigenvalue weighted by Crippen LogP contribution is -2.18. The van der Waals surface area contributed by atoms with Crippen LogP contribution in [0.15, 0.2) is 16.9 Å². The Kier molecular flexibility index (Phi) is 4.72. The van der Waals surface area contributed by atoms with Gasteiger partial charge in [-0.25, -0.2) is 9.67 Å². The molecule has 3 aromatic heterocycles. The van der Waals surface area contributed by atoms with Gasteiger partial charge in [-0.15, -0.1) is 0 Å². The number of pyridine rings is 2. The number of aromatic amines is 1. The van der Waals surface area contributed by atoms with Gasteiger partial charge in [-0.05, 0) is 82.9 Å². The number of rotatable bonds is 7. The first kappa shape index (κ1) is 20.0. The van der Waals surface area contributed by atoms with Crippen LogP contribution in [0.3, 0.4) is 0 Å². The molecular weight excluding hydrogens is 390 g/mol. The van der Waals surface area contributed by atoms with Crippen molar-refractivity contribution in [3.8, 4) is 0 Å². The van der Waals surface area contributed by atoms with Crippen LogP contribution < -0.4 is 11.3 Å². The first-order valence-electron chi connectivity index (χ1n) is 11.3. The minimum Gasteiger partial charge on any atom is -0.366 e. The van der Waals surface area contributed by atoms with Crippen LogP contribution in [-0.4, -0.2) is 25.7 Å². The number of fused-ring (bicyclic) bond motifs is 1. The molecule has 2 saturated carbocycles. The van der Waals surface area contributed by atoms with E-state index in [0.29, 0.717) is 30.2 Å². The van der Waals surface area contributed by atoms with Gasteiger partial charge in [0.25, 0.3) is 5.56 Å². The summed E-state index contributed by atoms with van der Waals surface area (Å²) in [5.41, 5.74) is 11.6. The summed E-state index contributed by atoms with van der Waals surface area (Å²) in [5, 5.41) is 5.58. The Morgan fingerprint density at radius 1 is 1.19 bits per heavy atom. The lowest BCUT2D eigenvalue weighted by molar-refractivity contribution is 0.100. The summed E-state index contributed by atoms with van der Waals surface area (Å²) in [4.78, 5) is 32.9. The first-order chi connectivity index (χ1) is 14.8. The SMILES string of the molecule is Cc1cc(C2CC2)c(CCc2nn(C(C)C)c3nc(C4CC4)cc(C(N)=O)c23)c(=O)[nH]1. The topological polar surface area (TPSA) is 107 Å². The number of nitrogens with zero attached hydrogens (tertiary/aromatic N) is 3. The number of aryl methyl sites for hydroxylation is 2. The highest BCUT2D eigenvalue weighted by Gasteiger charge is 2.30.